The van der Waals surface area contributed by atoms with Crippen LogP contribution in [0.3, 0.4) is 0 Å². The number of para-hydroxylation sites is 1. The summed E-state index contributed by atoms with van der Waals surface area (Å²) in [6.45, 7) is 7.85. The molecular formula is C14H22ClN3. The van der Waals surface area contributed by atoms with Gasteiger partial charge in [0.2, 0.25) is 0 Å². The van der Waals surface area contributed by atoms with E-state index in [0.29, 0.717) is 22.7 Å². The van der Waals surface area contributed by atoms with E-state index in [1.807, 2.05) is 18.2 Å². The molecule has 0 saturated carbocycles. The average Bonchev–Trinajstić information content (AvgIpc) is 2.80. The van der Waals surface area contributed by atoms with Crippen molar-refractivity contribution in [3.05, 3.63) is 23.2 Å². The fraction of sp³-hybridized carbons (Fsp3) is 0.571. The molecule has 3 nitrogen and oxygen atoms in total. The van der Waals surface area contributed by atoms with Crippen molar-refractivity contribution in [1.82, 2.24) is 4.90 Å². The maximum absolute atomic E-state index is 6.00. The van der Waals surface area contributed by atoms with Gasteiger partial charge in [-0.1, -0.05) is 17.7 Å². The molecule has 0 spiro atoms. The number of anilines is 2. The molecule has 1 heterocycles. The number of nitrogen functional groups attached to an aromatic ring is 1. The molecule has 4 heteroatoms. The maximum atomic E-state index is 6.00. The third kappa shape index (κ3) is 3.09. The van der Waals surface area contributed by atoms with Gasteiger partial charge in [-0.2, -0.15) is 0 Å². The molecule has 0 aliphatic carbocycles. The Labute approximate surface area is 114 Å². The number of rotatable bonds is 4. The summed E-state index contributed by atoms with van der Waals surface area (Å²) in [5.74, 6) is 0.700. The summed E-state index contributed by atoms with van der Waals surface area (Å²) in [5, 5.41) is 4.04. The van der Waals surface area contributed by atoms with Gasteiger partial charge in [-0.25, -0.2) is 0 Å². The van der Waals surface area contributed by atoms with Crippen molar-refractivity contribution in [2.45, 2.75) is 26.3 Å². The van der Waals surface area contributed by atoms with Crippen LogP contribution in [0.25, 0.3) is 0 Å². The number of nitrogens with zero attached hydrogens (tertiary/aromatic N) is 1. The average molecular weight is 268 g/mol. The SMILES string of the molecule is CC(C)N1CCC(CNc2cccc(Cl)c2N)C1. The van der Waals surface area contributed by atoms with Gasteiger partial charge in [0.25, 0.3) is 0 Å². The first-order valence-corrected chi connectivity index (χ1v) is 6.97. The smallest absolute Gasteiger partial charge is 0.0739 e. The number of benzene rings is 1. The van der Waals surface area contributed by atoms with E-state index in [2.05, 4.69) is 24.1 Å². The first-order chi connectivity index (χ1) is 8.58. The van der Waals surface area contributed by atoms with Crippen LogP contribution in [0.1, 0.15) is 20.3 Å². The summed E-state index contributed by atoms with van der Waals surface area (Å²) < 4.78 is 0. The molecule has 2 rings (SSSR count). The minimum Gasteiger partial charge on any atom is -0.396 e. The lowest BCUT2D eigenvalue weighted by atomic mass is 10.1. The topological polar surface area (TPSA) is 41.3 Å². The molecule has 0 amide bonds. The number of nitrogens with two attached hydrogens (primary N) is 1. The second-order valence-electron chi connectivity index (χ2n) is 5.33. The molecule has 1 unspecified atom stereocenters. The molecule has 1 aliphatic rings. The van der Waals surface area contributed by atoms with Gasteiger partial charge in [0.15, 0.2) is 0 Å². The zero-order chi connectivity index (χ0) is 13.1. The van der Waals surface area contributed by atoms with E-state index in [1.54, 1.807) is 0 Å². The van der Waals surface area contributed by atoms with Crippen LogP contribution in [-0.4, -0.2) is 30.6 Å². The Balaban J connectivity index is 1.87. The fourth-order valence-corrected chi connectivity index (χ4v) is 2.62. The second kappa shape index (κ2) is 5.81. The van der Waals surface area contributed by atoms with E-state index in [-0.39, 0.29) is 0 Å². The molecule has 1 fully saturated rings. The van der Waals surface area contributed by atoms with Gasteiger partial charge in [0, 0.05) is 19.1 Å². The minimum atomic E-state index is 0.621. The Hall–Kier alpha value is -0.930. The van der Waals surface area contributed by atoms with E-state index in [0.717, 1.165) is 12.2 Å². The summed E-state index contributed by atoms with van der Waals surface area (Å²) in [7, 11) is 0. The molecule has 3 N–H and O–H groups in total. The lowest BCUT2D eigenvalue weighted by Crippen LogP contribution is -2.29. The Morgan fingerprint density at radius 1 is 1.50 bits per heavy atom. The second-order valence-corrected chi connectivity index (χ2v) is 5.73. The van der Waals surface area contributed by atoms with E-state index in [4.69, 9.17) is 17.3 Å². The number of halogens is 1. The Morgan fingerprint density at radius 2 is 2.28 bits per heavy atom. The van der Waals surface area contributed by atoms with Crippen LogP contribution in [0.15, 0.2) is 18.2 Å². The molecule has 1 saturated heterocycles. The number of hydrogen-bond donors (Lipinski definition) is 2. The van der Waals surface area contributed by atoms with Gasteiger partial charge in [0.1, 0.15) is 0 Å². The molecule has 100 valence electrons. The van der Waals surface area contributed by atoms with Crippen LogP contribution in [-0.2, 0) is 0 Å². The van der Waals surface area contributed by atoms with Gasteiger partial charge < -0.3 is 16.0 Å². The largest absolute Gasteiger partial charge is 0.396 e. The van der Waals surface area contributed by atoms with E-state index in [9.17, 15) is 0 Å². The Kier molecular flexibility index (Phi) is 4.36. The van der Waals surface area contributed by atoms with E-state index >= 15 is 0 Å². The first-order valence-electron chi connectivity index (χ1n) is 6.60. The quantitative estimate of drug-likeness (QED) is 0.824. The van der Waals surface area contributed by atoms with Crippen LogP contribution in [0, 0.1) is 5.92 Å². The highest BCUT2D eigenvalue weighted by Crippen LogP contribution is 2.27. The van der Waals surface area contributed by atoms with E-state index < -0.39 is 0 Å². The van der Waals surface area contributed by atoms with Crippen LogP contribution in [0.2, 0.25) is 5.02 Å². The van der Waals surface area contributed by atoms with Crippen molar-refractivity contribution >= 4 is 23.0 Å². The Bertz CT molecular complexity index is 406. The van der Waals surface area contributed by atoms with E-state index in [1.165, 1.54) is 19.5 Å². The molecule has 1 aliphatic heterocycles. The number of likely N-dealkylation sites (tertiary alicyclic amines) is 1. The summed E-state index contributed by atoms with van der Waals surface area (Å²) in [6, 6.07) is 6.37. The van der Waals surface area contributed by atoms with Crippen molar-refractivity contribution in [3.8, 4) is 0 Å². The van der Waals surface area contributed by atoms with Gasteiger partial charge in [-0.05, 0) is 44.9 Å². The van der Waals surface area contributed by atoms with Crippen LogP contribution < -0.4 is 11.1 Å². The highest BCUT2D eigenvalue weighted by atomic mass is 35.5. The summed E-state index contributed by atoms with van der Waals surface area (Å²) in [4.78, 5) is 2.52. The molecule has 1 aromatic rings. The third-order valence-electron chi connectivity index (χ3n) is 3.68. The molecule has 0 aromatic heterocycles. The number of hydrogen-bond acceptors (Lipinski definition) is 3. The van der Waals surface area contributed by atoms with Crippen LogP contribution >= 0.6 is 11.6 Å². The Morgan fingerprint density at radius 3 is 2.94 bits per heavy atom. The predicted molar refractivity (Wildman–Crippen MR) is 79.2 cm³/mol. The molecule has 18 heavy (non-hydrogen) atoms. The minimum absolute atomic E-state index is 0.621. The van der Waals surface area contributed by atoms with Crippen LogP contribution in [0.5, 0.6) is 0 Å². The zero-order valence-corrected chi connectivity index (χ0v) is 11.9. The lowest BCUT2D eigenvalue weighted by Gasteiger charge is -2.20. The van der Waals surface area contributed by atoms with Gasteiger partial charge >= 0.3 is 0 Å². The molecule has 0 bridgehead atoms. The highest BCUT2D eigenvalue weighted by molar-refractivity contribution is 6.33. The van der Waals surface area contributed by atoms with Crippen molar-refractivity contribution in [2.75, 3.05) is 30.7 Å². The summed E-state index contributed by atoms with van der Waals surface area (Å²) >= 11 is 6.00. The lowest BCUT2D eigenvalue weighted by molar-refractivity contribution is 0.266. The normalized spacial score (nSPS) is 20.6. The third-order valence-corrected chi connectivity index (χ3v) is 4.01. The summed E-state index contributed by atoms with van der Waals surface area (Å²) in [6.07, 6.45) is 1.26. The molecule has 1 aromatic carbocycles. The van der Waals surface area contributed by atoms with Crippen molar-refractivity contribution in [3.63, 3.8) is 0 Å². The zero-order valence-electron chi connectivity index (χ0n) is 11.1. The fourth-order valence-electron chi connectivity index (χ4n) is 2.44. The number of nitrogens with one attached hydrogen (secondary N) is 1. The predicted octanol–water partition coefficient (Wildman–Crippen LogP) is 3.06. The van der Waals surface area contributed by atoms with Gasteiger partial charge in [-0.15, -0.1) is 0 Å². The monoisotopic (exact) mass is 267 g/mol. The van der Waals surface area contributed by atoms with Gasteiger partial charge in [-0.3, -0.25) is 0 Å². The molecule has 0 radical (unpaired) electrons. The van der Waals surface area contributed by atoms with Crippen molar-refractivity contribution in [2.24, 2.45) is 5.92 Å². The highest BCUT2D eigenvalue weighted by Gasteiger charge is 2.23. The van der Waals surface area contributed by atoms with Crippen molar-refractivity contribution in [1.29, 1.82) is 0 Å². The standard InChI is InChI=1S/C14H22ClN3/c1-10(2)18-7-6-11(9-18)8-17-13-5-3-4-12(15)14(13)16/h3-5,10-11,17H,6-9,16H2,1-2H3. The van der Waals surface area contributed by atoms with Gasteiger partial charge in [0.05, 0.1) is 16.4 Å². The first kappa shape index (κ1) is 13.5. The molecular weight excluding hydrogens is 246 g/mol. The molecule has 1 atom stereocenters. The van der Waals surface area contributed by atoms with Crippen molar-refractivity contribution < 1.29 is 0 Å². The van der Waals surface area contributed by atoms with Crippen LogP contribution in [0.4, 0.5) is 11.4 Å². The maximum Gasteiger partial charge on any atom is 0.0739 e. The summed E-state index contributed by atoms with van der Waals surface area (Å²) in [5.41, 5.74) is 7.54.